The molecule has 0 aliphatic carbocycles. The predicted octanol–water partition coefficient (Wildman–Crippen LogP) is 2.23. The maximum atomic E-state index is 9.21. The molecule has 1 saturated heterocycles. The highest BCUT2D eigenvalue weighted by Gasteiger charge is 2.27. The first-order valence-corrected chi connectivity index (χ1v) is 6.36. The molecule has 4 nitrogen and oxygen atoms in total. The summed E-state index contributed by atoms with van der Waals surface area (Å²) in [4.78, 5) is 2.32. The molecule has 4 heteroatoms. The number of aryl methyl sites for hydroxylation is 2. The number of hydrogen-bond acceptors (Lipinski definition) is 3. The molecule has 0 aromatic carbocycles. The van der Waals surface area contributed by atoms with E-state index in [2.05, 4.69) is 23.0 Å². The Bertz CT molecular complexity index is 441. The van der Waals surface area contributed by atoms with E-state index in [-0.39, 0.29) is 0 Å². The van der Waals surface area contributed by atoms with Crippen LogP contribution in [0.2, 0.25) is 0 Å². The fraction of sp³-hybridized carbons (Fsp3) is 0.692. The molecule has 2 rings (SSSR count). The summed E-state index contributed by atoms with van der Waals surface area (Å²) in [6, 6.07) is 2.28. The van der Waals surface area contributed by atoms with Gasteiger partial charge in [0.15, 0.2) is 0 Å². The van der Waals surface area contributed by atoms with Crippen LogP contribution in [0.3, 0.4) is 0 Å². The fourth-order valence-electron chi connectivity index (χ4n) is 2.81. The van der Waals surface area contributed by atoms with Gasteiger partial charge >= 0.3 is 0 Å². The standard InChI is InChI=1S/C13H20N4/c1-4-5-11-6-7-17(9-11)13-12(8-14)10(2)15-16(13)3/h11H,4-7,9H2,1-3H3. The second-order valence-electron chi connectivity index (χ2n) is 4.91. The van der Waals surface area contributed by atoms with Crippen LogP contribution in [0, 0.1) is 24.2 Å². The molecule has 92 valence electrons. The highest BCUT2D eigenvalue weighted by molar-refractivity contribution is 5.57. The number of nitrogens with zero attached hydrogens (tertiary/aromatic N) is 4. The van der Waals surface area contributed by atoms with Gasteiger partial charge in [-0.25, -0.2) is 0 Å². The Labute approximate surface area is 103 Å². The molecule has 17 heavy (non-hydrogen) atoms. The van der Waals surface area contributed by atoms with E-state index in [4.69, 9.17) is 0 Å². The summed E-state index contributed by atoms with van der Waals surface area (Å²) >= 11 is 0. The summed E-state index contributed by atoms with van der Waals surface area (Å²) in [6.07, 6.45) is 3.77. The zero-order valence-electron chi connectivity index (χ0n) is 10.9. The van der Waals surface area contributed by atoms with Gasteiger partial charge < -0.3 is 4.90 Å². The van der Waals surface area contributed by atoms with Crippen LogP contribution in [0.1, 0.15) is 37.4 Å². The van der Waals surface area contributed by atoms with Crippen LogP contribution in [0.15, 0.2) is 0 Å². The van der Waals surface area contributed by atoms with Crippen molar-refractivity contribution in [2.24, 2.45) is 13.0 Å². The van der Waals surface area contributed by atoms with E-state index in [0.29, 0.717) is 0 Å². The van der Waals surface area contributed by atoms with E-state index in [1.807, 2.05) is 18.7 Å². The van der Waals surface area contributed by atoms with Crippen molar-refractivity contribution in [2.75, 3.05) is 18.0 Å². The number of rotatable bonds is 3. The van der Waals surface area contributed by atoms with Gasteiger partial charge in [0.25, 0.3) is 0 Å². The van der Waals surface area contributed by atoms with Crippen molar-refractivity contribution in [3.63, 3.8) is 0 Å². The Kier molecular flexibility index (Phi) is 3.37. The smallest absolute Gasteiger partial charge is 0.144 e. The average Bonchev–Trinajstić information content (AvgIpc) is 2.83. The van der Waals surface area contributed by atoms with Gasteiger partial charge in [-0.3, -0.25) is 4.68 Å². The molecular weight excluding hydrogens is 212 g/mol. The molecule has 1 aromatic heterocycles. The van der Waals surface area contributed by atoms with Crippen LogP contribution in [-0.4, -0.2) is 22.9 Å². The summed E-state index contributed by atoms with van der Waals surface area (Å²) in [5, 5.41) is 13.6. The summed E-state index contributed by atoms with van der Waals surface area (Å²) in [5.41, 5.74) is 1.58. The third-order valence-corrected chi connectivity index (χ3v) is 3.59. The summed E-state index contributed by atoms with van der Waals surface area (Å²) in [6.45, 7) is 6.26. The van der Waals surface area contributed by atoms with Crippen molar-refractivity contribution in [3.05, 3.63) is 11.3 Å². The minimum absolute atomic E-state index is 0.740. The first-order chi connectivity index (χ1) is 8.17. The third-order valence-electron chi connectivity index (χ3n) is 3.59. The molecule has 1 unspecified atom stereocenters. The SMILES string of the molecule is CCCC1CCN(c2c(C#N)c(C)nn2C)C1. The van der Waals surface area contributed by atoms with Crippen molar-refractivity contribution in [3.8, 4) is 6.07 Å². The molecule has 1 aliphatic heterocycles. The van der Waals surface area contributed by atoms with Crippen LogP contribution in [0.4, 0.5) is 5.82 Å². The Hall–Kier alpha value is -1.50. The maximum absolute atomic E-state index is 9.21. The van der Waals surface area contributed by atoms with Crippen LogP contribution >= 0.6 is 0 Å². The number of anilines is 1. The molecule has 1 atom stereocenters. The molecule has 2 heterocycles. The van der Waals surface area contributed by atoms with Crippen LogP contribution < -0.4 is 4.90 Å². The van der Waals surface area contributed by atoms with Gasteiger partial charge in [0, 0.05) is 20.1 Å². The summed E-state index contributed by atoms with van der Waals surface area (Å²) in [7, 11) is 1.93. The fourth-order valence-corrected chi connectivity index (χ4v) is 2.81. The quantitative estimate of drug-likeness (QED) is 0.802. The summed E-state index contributed by atoms with van der Waals surface area (Å²) in [5.74, 6) is 1.78. The van der Waals surface area contributed by atoms with Crippen molar-refractivity contribution in [1.29, 1.82) is 5.26 Å². The van der Waals surface area contributed by atoms with Crippen LogP contribution in [0.25, 0.3) is 0 Å². The zero-order chi connectivity index (χ0) is 12.4. The molecule has 0 radical (unpaired) electrons. The first-order valence-electron chi connectivity index (χ1n) is 6.36. The highest BCUT2D eigenvalue weighted by Crippen LogP contribution is 2.29. The van der Waals surface area contributed by atoms with Gasteiger partial charge in [-0.2, -0.15) is 10.4 Å². The van der Waals surface area contributed by atoms with Gasteiger partial charge in [-0.1, -0.05) is 13.3 Å². The minimum Gasteiger partial charge on any atom is -0.355 e. The largest absolute Gasteiger partial charge is 0.355 e. The van der Waals surface area contributed by atoms with E-state index in [0.717, 1.165) is 36.1 Å². The Morgan fingerprint density at radius 1 is 1.53 bits per heavy atom. The second-order valence-corrected chi connectivity index (χ2v) is 4.91. The monoisotopic (exact) mass is 232 g/mol. The molecule has 0 spiro atoms. The van der Waals surface area contributed by atoms with Gasteiger partial charge in [0.05, 0.1) is 5.69 Å². The van der Waals surface area contributed by atoms with E-state index >= 15 is 0 Å². The van der Waals surface area contributed by atoms with Crippen molar-refractivity contribution in [2.45, 2.75) is 33.1 Å². The second kappa shape index (κ2) is 4.79. The zero-order valence-corrected chi connectivity index (χ0v) is 10.9. The molecule has 1 aromatic rings. The van der Waals surface area contributed by atoms with Gasteiger partial charge in [0.2, 0.25) is 0 Å². The molecule has 1 fully saturated rings. The molecule has 1 aliphatic rings. The first kappa shape index (κ1) is 12.0. The topological polar surface area (TPSA) is 44.9 Å². The van der Waals surface area contributed by atoms with Gasteiger partial charge in [-0.15, -0.1) is 0 Å². The highest BCUT2D eigenvalue weighted by atomic mass is 15.4. The molecular formula is C13H20N4. The lowest BCUT2D eigenvalue weighted by Crippen LogP contribution is -2.23. The average molecular weight is 232 g/mol. The molecule has 0 bridgehead atoms. The Balaban J connectivity index is 2.22. The van der Waals surface area contributed by atoms with Crippen molar-refractivity contribution < 1.29 is 0 Å². The van der Waals surface area contributed by atoms with Crippen molar-refractivity contribution >= 4 is 5.82 Å². The maximum Gasteiger partial charge on any atom is 0.144 e. The normalized spacial score (nSPS) is 19.6. The Morgan fingerprint density at radius 3 is 2.94 bits per heavy atom. The van der Waals surface area contributed by atoms with E-state index in [9.17, 15) is 5.26 Å². The van der Waals surface area contributed by atoms with Crippen molar-refractivity contribution in [1.82, 2.24) is 9.78 Å². The lowest BCUT2D eigenvalue weighted by atomic mass is 10.0. The number of hydrogen-bond donors (Lipinski definition) is 0. The van der Waals surface area contributed by atoms with E-state index in [1.54, 1.807) is 0 Å². The molecule has 0 N–H and O–H groups in total. The number of nitriles is 1. The molecule has 0 saturated carbocycles. The van der Waals surface area contributed by atoms with E-state index < -0.39 is 0 Å². The number of aromatic nitrogens is 2. The summed E-state index contributed by atoms with van der Waals surface area (Å²) < 4.78 is 1.85. The lowest BCUT2D eigenvalue weighted by molar-refractivity contribution is 0.529. The lowest BCUT2D eigenvalue weighted by Gasteiger charge is -2.18. The predicted molar refractivity (Wildman–Crippen MR) is 67.9 cm³/mol. The van der Waals surface area contributed by atoms with E-state index in [1.165, 1.54) is 19.3 Å². The molecule has 0 amide bonds. The third kappa shape index (κ3) is 2.14. The van der Waals surface area contributed by atoms with Gasteiger partial charge in [-0.05, 0) is 25.7 Å². The minimum atomic E-state index is 0.740. The van der Waals surface area contributed by atoms with Crippen LogP contribution in [0.5, 0.6) is 0 Å². The Morgan fingerprint density at radius 2 is 2.29 bits per heavy atom. The van der Waals surface area contributed by atoms with Gasteiger partial charge in [0.1, 0.15) is 17.5 Å². The van der Waals surface area contributed by atoms with Crippen LogP contribution in [-0.2, 0) is 7.05 Å².